The van der Waals surface area contributed by atoms with Gasteiger partial charge in [-0.15, -0.1) is 0 Å². The van der Waals surface area contributed by atoms with Crippen molar-refractivity contribution in [1.29, 1.82) is 0 Å². The number of fused-ring (bicyclic) bond motifs is 1. The molecule has 0 fully saturated rings. The minimum absolute atomic E-state index is 0.342. The fourth-order valence-electron chi connectivity index (χ4n) is 3.80. The van der Waals surface area contributed by atoms with E-state index < -0.39 is 0 Å². The number of pyridine rings is 1. The first kappa shape index (κ1) is 25.3. The fourth-order valence-corrected chi connectivity index (χ4v) is 3.80. The number of anilines is 3. The van der Waals surface area contributed by atoms with E-state index in [1.165, 1.54) is 0 Å². The summed E-state index contributed by atoms with van der Waals surface area (Å²) in [4.78, 5) is 13.7. The van der Waals surface area contributed by atoms with Crippen LogP contribution in [0.2, 0.25) is 0 Å². The molecule has 10 heteroatoms. The average Bonchev–Trinajstić information content (AvgIpc) is 3.26. The minimum atomic E-state index is -0.342. The van der Waals surface area contributed by atoms with E-state index in [2.05, 4.69) is 25.7 Å². The van der Waals surface area contributed by atoms with Crippen molar-refractivity contribution in [3.05, 3.63) is 48.5 Å². The van der Waals surface area contributed by atoms with Gasteiger partial charge in [-0.05, 0) is 37.6 Å². The van der Waals surface area contributed by atoms with E-state index in [1.807, 2.05) is 56.0 Å². The van der Waals surface area contributed by atoms with Crippen molar-refractivity contribution in [3.8, 4) is 16.9 Å². The summed E-state index contributed by atoms with van der Waals surface area (Å²) in [5.74, 6) is 1.78. The van der Waals surface area contributed by atoms with Crippen LogP contribution in [0, 0.1) is 0 Å². The lowest BCUT2D eigenvalue weighted by atomic mass is 10.0. The van der Waals surface area contributed by atoms with Crippen molar-refractivity contribution in [2.45, 2.75) is 25.9 Å². The Morgan fingerprint density at radius 3 is 2.64 bits per heavy atom. The number of rotatable bonds is 11. The summed E-state index contributed by atoms with van der Waals surface area (Å²) in [5, 5.41) is 11.9. The third kappa shape index (κ3) is 5.55. The molecule has 0 aliphatic heterocycles. The summed E-state index contributed by atoms with van der Waals surface area (Å²) in [6.45, 7) is 5.22. The molecule has 0 aliphatic rings. The predicted molar refractivity (Wildman–Crippen MR) is 141 cm³/mol. The maximum Gasteiger partial charge on any atom is 0.227 e. The Balaban J connectivity index is 1.61. The normalized spacial score (nSPS) is 11.6. The number of benzene rings is 1. The summed E-state index contributed by atoms with van der Waals surface area (Å²) in [6, 6.07) is 7.85. The Labute approximate surface area is 211 Å². The van der Waals surface area contributed by atoms with Crippen LogP contribution < -0.4 is 15.4 Å². The second-order valence-electron chi connectivity index (χ2n) is 9.02. The summed E-state index contributed by atoms with van der Waals surface area (Å²) in [7, 11) is 6.97. The number of ether oxygens (including phenoxy) is 3. The van der Waals surface area contributed by atoms with Gasteiger partial charge in [-0.25, -0.2) is 15.0 Å². The molecule has 0 unspecified atom stereocenters. The van der Waals surface area contributed by atoms with Crippen molar-refractivity contribution in [1.82, 2.24) is 24.7 Å². The maximum atomic E-state index is 5.70. The van der Waals surface area contributed by atoms with Gasteiger partial charge in [0, 0.05) is 63.3 Å². The SMILES string of the molecule is COCCc1c(-c2ccc(Nc3ncc4ccnc(NCC(C)(C)OC)c4n3)c(OC)c2)cnn1C. The third-order valence-corrected chi connectivity index (χ3v) is 6.10. The number of methoxy groups -OCH3 is 3. The summed E-state index contributed by atoms with van der Waals surface area (Å²) in [6.07, 6.45) is 6.15. The summed E-state index contributed by atoms with van der Waals surface area (Å²) >= 11 is 0. The number of aromatic nitrogens is 5. The Bertz CT molecular complexity index is 1340. The van der Waals surface area contributed by atoms with Gasteiger partial charge < -0.3 is 24.8 Å². The van der Waals surface area contributed by atoms with Gasteiger partial charge in [0.25, 0.3) is 0 Å². The highest BCUT2D eigenvalue weighted by Gasteiger charge is 2.18. The average molecular weight is 492 g/mol. The Kier molecular flexibility index (Phi) is 7.66. The van der Waals surface area contributed by atoms with E-state index in [-0.39, 0.29) is 5.60 Å². The van der Waals surface area contributed by atoms with Gasteiger partial charge >= 0.3 is 0 Å². The summed E-state index contributed by atoms with van der Waals surface area (Å²) in [5.41, 5.74) is 4.28. The van der Waals surface area contributed by atoms with Crippen molar-refractivity contribution < 1.29 is 14.2 Å². The lowest BCUT2D eigenvalue weighted by molar-refractivity contribution is 0.0343. The van der Waals surface area contributed by atoms with Gasteiger partial charge in [-0.2, -0.15) is 5.10 Å². The molecule has 0 bridgehead atoms. The number of hydrogen-bond acceptors (Lipinski definition) is 9. The Morgan fingerprint density at radius 1 is 1.06 bits per heavy atom. The molecule has 0 spiro atoms. The van der Waals surface area contributed by atoms with Crippen LogP contribution in [0.5, 0.6) is 5.75 Å². The van der Waals surface area contributed by atoms with Crippen LogP contribution in [-0.4, -0.2) is 64.8 Å². The summed E-state index contributed by atoms with van der Waals surface area (Å²) < 4.78 is 18.3. The van der Waals surface area contributed by atoms with Crippen molar-refractivity contribution in [3.63, 3.8) is 0 Å². The van der Waals surface area contributed by atoms with E-state index in [4.69, 9.17) is 19.2 Å². The number of nitrogens with one attached hydrogen (secondary N) is 2. The predicted octanol–water partition coefficient (Wildman–Crippen LogP) is 4.20. The first-order valence-corrected chi connectivity index (χ1v) is 11.7. The monoisotopic (exact) mass is 491 g/mol. The second kappa shape index (κ2) is 10.9. The van der Waals surface area contributed by atoms with Crippen LogP contribution in [0.1, 0.15) is 19.5 Å². The number of hydrogen-bond donors (Lipinski definition) is 2. The first-order chi connectivity index (χ1) is 17.3. The molecule has 1 aromatic carbocycles. The first-order valence-electron chi connectivity index (χ1n) is 11.7. The van der Waals surface area contributed by atoms with Crippen molar-refractivity contribution >= 4 is 28.4 Å². The van der Waals surface area contributed by atoms with Gasteiger partial charge in [-0.3, -0.25) is 4.68 Å². The van der Waals surface area contributed by atoms with Gasteiger partial charge in [0.05, 0.1) is 31.2 Å². The molecule has 0 aliphatic carbocycles. The van der Waals surface area contributed by atoms with Crippen molar-refractivity contribution in [2.24, 2.45) is 7.05 Å². The molecule has 0 saturated carbocycles. The fraction of sp³-hybridized carbons (Fsp3) is 0.385. The van der Waals surface area contributed by atoms with Crippen LogP contribution in [-0.2, 0) is 22.9 Å². The zero-order chi connectivity index (χ0) is 25.7. The van der Waals surface area contributed by atoms with E-state index >= 15 is 0 Å². The molecule has 2 N–H and O–H groups in total. The van der Waals surface area contributed by atoms with E-state index in [1.54, 1.807) is 33.7 Å². The molecule has 0 radical (unpaired) electrons. The molecule has 3 aromatic heterocycles. The third-order valence-electron chi connectivity index (χ3n) is 6.10. The minimum Gasteiger partial charge on any atom is -0.495 e. The Morgan fingerprint density at radius 2 is 1.89 bits per heavy atom. The molecule has 10 nitrogen and oxygen atoms in total. The molecule has 4 rings (SSSR count). The van der Waals surface area contributed by atoms with E-state index in [0.29, 0.717) is 30.7 Å². The second-order valence-corrected chi connectivity index (χ2v) is 9.02. The molecule has 4 aromatic rings. The maximum absolute atomic E-state index is 5.70. The van der Waals surface area contributed by atoms with Crippen LogP contribution in [0.15, 0.2) is 42.9 Å². The lowest BCUT2D eigenvalue weighted by Gasteiger charge is -2.23. The smallest absolute Gasteiger partial charge is 0.227 e. The van der Waals surface area contributed by atoms with E-state index in [0.717, 1.165) is 39.8 Å². The van der Waals surface area contributed by atoms with Crippen LogP contribution in [0.4, 0.5) is 17.5 Å². The van der Waals surface area contributed by atoms with Crippen LogP contribution in [0.25, 0.3) is 22.0 Å². The highest BCUT2D eigenvalue weighted by atomic mass is 16.5. The highest BCUT2D eigenvalue weighted by molar-refractivity contribution is 5.88. The number of nitrogens with zero attached hydrogens (tertiary/aromatic N) is 5. The van der Waals surface area contributed by atoms with E-state index in [9.17, 15) is 0 Å². The standard InChI is InChI=1S/C26H33N7O3/c1-26(2,36-6)16-29-24-23-18(9-11-27-24)14-28-25(32-23)31-20-8-7-17(13-22(20)35-5)19-15-30-33(3)21(19)10-12-34-4/h7-9,11,13-15H,10,12,16H2,1-6H3,(H,27,29)(H,28,31,32). The Hall–Kier alpha value is -3.76. The zero-order valence-corrected chi connectivity index (χ0v) is 21.6. The number of aryl methyl sites for hydroxylation is 1. The quantitative estimate of drug-likeness (QED) is 0.319. The van der Waals surface area contributed by atoms with Gasteiger partial charge in [0.2, 0.25) is 5.95 Å². The molecule has 3 heterocycles. The van der Waals surface area contributed by atoms with Crippen LogP contribution in [0.3, 0.4) is 0 Å². The largest absolute Gasteiger partial charge is 0.495 e. The molecule has 36 heavy (non-hydrogen) atoms. The van der Waals surface area contributed by atoms with Gasteiger partial charge in [0.1, 0.15) is 11.3 Å². The molecular weight excluding hydrogens is 458 g/mol. The molecule has 0 saturated heterocycles. The topological polar surface area (TPSA) is 108 Å². The molecule has 0 amide bonds. The zero-order valence-electron chi connectivity index (χ0n) is 21.6. The van der Waals surface area contributed by atoms with Crippen molar-refractivity contribution in [2.75, 3.05) is 45.1 Å². The molecule has 190 valence electrons. The molecule has 0 atom stereocenters. The van der Waals surface area contributed by atoms with Crippen LogP contribution >= 0.6 is 0 Å². The highest BCUT2D eigenvalue weighted by Crippen LogP contribution is 2.34. The molecular formula is C26H33N7O3. The lowest BCUT2D eigenvalue weighted by Crippen LogP contribution is -2.32. The van der Waals surface area contributed by atoms with Gasteiger partial charge in [-0.1, -0.05) is 6.07 Å². The van der Waals surface area contributed by atoms with Gasteiger partial charge in [0.15, 0.2) is 5.82 Å².